The highest BCUT2D eigenvalue weighted by molar-refractivity contribution is 7.89. The summed E-state index contributed by atoms with van der Waals surface area (Å²) in [7, 11) is -0.904. The number of carbonyl (C=O) groups excluding carboxylic acids is 3. The van der Waals surface area contributed by atoms with Crippen LogP contribution in [0.2, 0.25) is 0 Å². The maximum atomic E-state index is 12.5. The molecule has 0 aliphatic carbocycles. The van der Waals surface area contributed by atoms with E-state index < -0.39 is 27.8 Å². The van der Waals surface area contributed by atoms with E-state index in [-0.39, 0.29) is 23.6 Å². The van der Waals surface area contributed by atoms with Gasteiger partial charge in [-0.3, -0.25) is 14.5 Å². The highest BCUT2D eigenvalue weighted by atomic mass is 32.2. The number of ether oxygens (including phenoxy) is 1. The van der Waals surface area contributed by atoms with Crippen molar-refractivity contribution in [1.82, 2.24) is 9.21 Å². The first-order valence-corrected chi connectivity index (χ1v) is 10.2. The minimum Gasteiger partial charge on any atom is -0.460 e. The smallest absolute Gasteiger partial charge is 0.338 e. The number of rotatable bonds is 6. The molecule has 2 amide bonds. The second-order valence-corrected chi connectivity index (χ2v) is 8.86. The van der Waals surface area contributed by atoms with Crippen LogP contribution in [0.5, 0.6) is 0 Å². The number of amides is 2. The minimum absolute atomic E-state index is 0.0274. The third kappa shape index (κ3) is 3.79. The molecule has 9 heteroatoms. The first-order valence-electron chi connectivity index (χ1n) is 8.80. The standard InChI is InChI=1S/C20H20N2O6S/c1-13-8-9-14(29(26,27)21(2)3)12-17(13)20(25)28-11-10-22-18(23)15-6-4-5-7-16(15)19(22)24/h4-9,12H,10-11H2,1-3H3. The molecule has 0 radical (unpaired) electrons. The van der Waals surface area contributed by atoms with Crippen LogP contribution in [0.3, 0.4) is 0 Å². The number of esters is 1. The van der Waals surface area contributed by atoms with Crippen molar-refractivity contribution in [2.75, 3.05) is 27.2 Å². The lowest BCUT2D eigenvalue weighted by molar-refractivity contribution is 0.0419. The molecule has 0 spiro atoms. The molecule has 0 saturated carbocycles. The van der Waals surface area contributed by atoms with Gasteiger partial charge in [-0.1, -0.05) is 18.2 Å². The van der Waals surface area contributed by atoms with Gasteiger partial charge in [-0.05, 0) is 36.8 Å². The molecule has 0 atom stereocenters. The molecule has 152 valence electrons. The van der Waals surface area contributed by atoms with Gasteiger partial charge in [-0.2, -0.15) is 0 Å². The predicted molar refractivity (Wildman–Crippen MR) is 104 cm³/mol. The zero-order chi connectivity index (χ0) is 21.3. The average Bonchev–Trinajstić information content (AvgIpc) is 2.93. The number of sulfonamides is 1. The fourth-order valence-corrected chi connectivity index (χ4v) is 3.87. The molecule has 0 bridgehead atoms. The van der Waals surface area contributed by atoms with Gasteiger partial charge in [0.05, 0.1) is 28.1 Å². The monoisotopic (exact) mass is 416 g/mol. The molecule has 2 aromatic carbocycles. The highest BCUT2D eigenvalue weighted by Crippen LogP contribution is 2.22. The molecule has 1 aliphatic heterocycles. The summed E-state index contributed by atoms with van der Waals surface area (Å²) >= 11 is 0. The molecule has 0 fully saturated rings. The van der Waals surface area contributed by atoms with Gasteiger partial charge in [0.25, 0.3) is 11.8 Å². The first kappa shape index (κ1) is 20.7. The zero-order valence-electron chi connectivity index (χ0n) is 16.2. The van der Waals surface area contributed by atoms with Crippen LogP contribution in [-0.4, -0.2) is 62.7 Å². The second kappa shape index (κ2) is 7.76. The number of carbonyl (C=O) groups is 3. The van der Waals surface area contributed by atoms with E-state index in [1.165, 1.54) is 32.3 Å². The molecule has 1 heterocycles. The topological polar surface area (TPSA) is 101 Å². The van der Waals surface area contributed by atoms with E-state index >= 15 is 0 Å². The molecule has 29 heavy (non-hydrogen) atoms. The Balaban J connectivity index is 1.69. The average molecular weight is 416 g/mol. The summed E-state index contributed by atoms with van der Waals surface area (Å²) in [6.45, 7) is 1.37. The van der Waals surface area contributed by atoms with Crippen LogP contribution in [0, 0.1) is 6.92 Å². The molecule has 0 aromatic heterocycles. The highest BCUT2D eigenvalue weighted by Gasteiger charge is 2.34. The summed E-state index contributed by atoms with van der Waals surface area (Å²) in [5, 5.41) is 0. The number of nitrogens with zero attached hydrogens (tertiary/aromatic N) is 2. The Labute approximate surface area is 168 Å². The third-order valence-corrected chi connectivity index (χ3v) is 6.44. The van der Waals surface area contributed by atoms with Crippen LogP contribution in [0.15, 0.2) is 47.4 Å². The van der Waals surface area contributed by atoms with E-state index in [0.29, 0.717) is 16.7 Å². The van der Waals surface area contributed by atoms with E-state index in [0.717, 1.165) is 9.21 Å². The molecule has 3 rings (SSSR count). The Bertz CT molecular complexity index is 1070. The van der Waals surface area contributed by atoms with Crippen molar-refractivity contribution < 1.29 is 27.5 Å². The number of hydrogen-bond donors (Lipinski definition) is 0. The Hall–Kier alpha value is -3.04. The molecule has 1 aliphatic rings. The fourth-order valence-electron chi connectivity index (χ4n) is 2.94. The lowest BCUT2D eigenvalue weighted by atomic mass is 10.1. The van der Waals surface area contributed by atoms with Crippen molar-refractivity contribution in [2.24, 2.45) is 0 Å². The van der Waals surface area contributed by atoms with E-state index in [9.17, 15) is 22.8 Å². The number of fused-ring (bicyclic) bond motifs is 1. The Morgan fingerprint density at radius 1 is 1.03 bits per heavy atom. The number of imide groups is 1. The van der Waals surface area contributed by atoms with Crippen LogP contribution < -0.4 is 0 Å². The van der Waals surface area contributed by atoms with Crippen molar-refractivity contribution in [3.63, 3.8) is 0 Å². The largest absolute Gasteiger partial charge is 0.460 e. The molecule has 2 aromatic rings. The van der Waals surface area contributed by atoms with Crippen LogP contribution in [0.4, 0.5) is 0 Å². The lowest BCUT2D eigenvalue weighted by Crippen LogP contribution is -2.33. The molecule has 0 unspecified atom stereocenters. The lowest BCUT2D eigenvalue weighted by Gasteiger charge is -2.15. The van der Waals surface area contributed by atoms with Crippen molar-refractivity contribution in [2.45, 2.75) is 11.8 Å². The summed E-state index contributed by atoms with van der Waals surface area (Å²) in [4.78, 5) is 38.1. The number of hydrogen-bond acceptors (Lipinski definition) is 6. The van der Waals surface area contributed by atoms with Gasteiger partial charge >= 0.3 is 5.97 Å². The van der Waals surface area contributed by atoms with Crippen LogP contribution in [0.25, 0.3) is 0 Å². The van der Waals surface area contributed by atoms with Crippen LogP contribution in [0.1, 0.15) is 36.6 Å². The number of aryl methyl sites for hydroxylation is 1. The Kier molecular flexibility index (Phi) is 5.54. The van der Waals surface area contributed by atoms with Gasteiger partial charge < -0.3 is 4.74 Å². The van der Waals surface area contributed by atoms with Gasteiger partial charge in [-0.25, -0.2) is 17.5 Å². The normalized spacial score (nSPS) is 13.7. The Morgan fingerprint density at radius 2 is 1.62 bits per heavy atom. The van der Waals surface area contributed by atoms with Crippen molar-refractivity contribution in [3.05, 3.63) is 64.7 Å². The van der Waals surface area contributed by atoms with Crippen molar-refractivity contribution in [3.8, 4) is 0 Å². The summed E-state index contributed by atoms with van der Waals surface area (Å²) in [5.41, 5.74) is 1.30. The van der Waals surface area contributed by atoms with Gasteiger partial charge in [0.1, 0.15) is 6.61 Å². The van der Waals surface area contributed by atoms with Gasteiger partial charge in [0.2, 0.25) is 10.0 Å². The SMILES string of the molecule is Cc1ccc(S(=O)(=O)N(C)C)cc1C(=O)OCCN1C(=O)c2ccccc2C1=O. The first-order chi connectivity index (χ1) is 13.6. The van der Waals surface area contributed by atoms with E-state index in [1.54, 1.807) is 31.2 Å². The van der Waals surface area contributed by atoms with E-state index in [1.807, 2.05) is 0 Å². The summed E-state index contributed by atoms with van der Waals surface area (Å²) in [5.74, 6) is -1.59. The van der Waals surface area contributed by atoms with Crippen LogP contribution >= 0.6 is 0 Å². The maximum Gasteiger partial charge on any atom is 0.338 e. The van der Waals surface area contributed by atoms with Crippen molar-refractivity contribution in [1.29, 1.82) is 0 Å². The third-order valence-electron chi connectivity index (χ3n) is 4.63. The number of benzene rings is 2. The van der Waals surface area contributed by atoms with Gasteiger partial charge in [-0.15, -0.1) is 0 Å². The summed E-state index contributed by atoms with van der Waals surface area (Å²) in [6.07, 6.45) is 0. The van der Waals surface area contributed by atoms with Gasteiger partial charge in [0.15, 0.2) is 0 Å². The second-order valence-electron chi connectivity index (χ2n) is 6.71. The van der Waals surface area contributed by atoms with E-state index in [4.69, 9.17) is 4.74 Å². The summed E-state index contributed by atoms with van der Waals surface area (Å²) in [6, 6.07) is 10.7. The fraction of sp³-hybridized carbons (Fsp3) is 0.250. The minimum atomic E-state index is -3.70. The van der Waals surface area contributed by atoms with E-state index in [2.05, 4.69) is 0 Å². The molecular weight excluding hydrogens is 396 g/mol. The quantitative estimate of drug-likeness (QED) is 0.525. The predicted octanol–water partition coefficient (Wildman–Crippen LogP) is 1.70. The molecule has 8 nitrogen and oxygen atoms in total. The zero-order valence-corrected chi connectivity index (χ0v) is 17.0. The van der Waals surface area contributed by atoms with Gasteiger partial charge in [0, 0.05) is 14.1 Å². The molecule has 0 saturated heterocycles. The molecular formula is C20H20N2O6S. The van der Waals surface area contributed by atoms with Crippen molar-refractivity contribution >= 4 is 27.8 Å². The van der Waals surface area contributed by atoms with Crippen LogP contribution in [-0.2, 0) is 14.8 Å². The summed E-state index contributed by atoms with van der Waals surface area (Å²) < 4.78 is 30.8. The molecule has 0 N–H and O–H groups in total. The Morgan fingerprint density at radius 3 is 2.17 bits per heavy atom. The maximum absolute atomic E-state index is 12.5.